The molecule has 0 bridgehead atoms. The molecule has 3 N–H and O–H groups in total. The molecular formula is C13H27ClN4O2. The lowest BCUT2D eigenvalue weighted by molar-refractivity contribution is -0.121. The van der Waals surface area contributed by atoms with Crippen LogP contribution < -0.4 is 16.0 Å². The second-order valence-corrected chi connectivity index (χ2v) is 6.08. The normalized spacial score (nSPS) is 19.3. The van der Waals surface area contributed by atoms with E-state index in [1.165, 1.54) is 0 Å². The molecular weight excluding hydrogens is 280 g/mol. The van der Waals surface area contributed by atoms with E-state index in [1.54, 1.807) is 0 Å². The molecule has 1 saturated heterocycles. The van der Waals surface area contributed by atoms with Crippen LogP contribution in [0.4, 0.5) is 4.79 Å². The Labute approximate surface area is 127 Å². The van der Waals surface area contributed by atoms with Gasteiger partial charge in [0, 0.05) is 18.1 Å². The summed E-state index contributed by atoms with van der Waals surface area (Å²) in [6.07, 6.45) is 2.20. The molecule has 7 heteroatoms. The average Bonchev–Trinajstić information content (AvgIpc) is 2.62. The SMILES string of the molecule is CNCC1CCCN1CC(=O)NC(=O)NC(C)(C)C.Cl. The van der Waals surface area contributed by atoms with Crippen LogP contribution in [0.1, 0.15) is 33.6 Å². The number of nitrogens with zero attached hydrogens (tertiary/aromatic N) is 1. The highest BCUT2D eigenvalue weighted by Gasteiger charge is 2.26. The first-order chi connectivity index (χ1) is 8.81. The van der Waals surface area contributed by atoms with Gasteiger partial charge in [0.25, 0.3) is 0 Å². The van der Waals surface area contributed by atoms with Crippen molar-refractivity contribution in [1.82, 2.24) is 20.9 Å². The Balaban J connectivity index is 0.00000361. The minimum absolute atomic E-state index is 0. The Morgan fingerprint density at radius 1 is 1.30 bits per heavy atom. The van der Waals surface area contributed by atoms with Gasteiger partial charge in [0.2, 0.25) is 5.91 Å². The number of halogens is 1. The lowest BCUT2D eigenvalue weighted by Crippen LogP contribution is -2.51. The number of amides is 3. The zero-order chi connectivity index (χ0) is 14.5. The molecule has 0 aromatic carbocycles. The summed E-state index contributed by atoms with van der Waals surface area (Å²) in [7, 11) is 1.91. The van der Waals surface area contributed by atoms with E-state index in [0.29, 0.717) is 6.04 Å². The quantitative estimate of drug-likeness (QED) is 0.715. The zero-order valence-electron chi connectivity index (χ0n) is 12.8. The maximum absolute atomic E-state index is 11.8. The Morgan fingerprint density at radius 3 is 2.50 bits per heavy atom. The van der Waals surface area contributed by atoms with Gasteiger partial charge >= 0.3 is 6.03 Å². The van der Waals surface area contributed by atoms with E-state index in [9.17, 15) is 9.59 Å². The zero-order valence-corrected chi connectivity index (χ0v) is 13.6. The molecule has 0 saturated carbocycles. The van der Waals surface area contributed by atoms with E-state index in [0.717, 1.165) is 25.9 Å². The second-order valence-electron chi connectivity index (χ2n) is 6.08. The monoisotopic (exact) mass is 306 g/mol. The van der Waals surface area contributed by atoms with E-state index < -0.39 is 6.03 Å². The summed E-state index contributed by atoms with van der Waals surface area (Å²) < 4.78 is 0. The number of imide groups is 1. The summed E-state index contributed by atoms with van der Waals surface area (Å²) in [5.41, 5.74) is -0.341. The van der Waals surface area contributed by atoms with Crippen LogP contribution in [0.2, 0.25) is 0 Å². The highest BCUT2D eigenvalue weighted by atomic mass is 35.5. The van der Waals surface area contributed by atoms with Gasteiger partial charge in [-0.3, -0.25) is 15.0 Å². The van der Waals surface area contributed by atoms with Crippen LogP contribution in [-0.4, -0.2) is 55.1 Å². The van der Waals surface area contributed by atoms with Crippen molar-refractivity contribution in [1.29, 1.82) is 0 Å². The van der Waals surface area contributed by atoms with Crippen molar-refractivity contribution in [2.24, 2.45) is 0 Å². The molecule has 0 aliphatic carbocycles. The molecule has 0 aromatic heterocycles. The number of hydrogen-bond acceptors (Lipinski definition) is 4. The van der Waals surface area contributed by atoms with Crippen molar-refractivity contribution >= 4 is 24.3 Å². The van der Waals surface area contributed by atoms with Crippen LogP contribution in [0.15, 0.2) is 0 Å². The molecule has 1 heterocycles. The van der Waals surface area contributed by atoms with E-state index >= 15 is 0 Å². The van der Waals surface area contributed by atoms with Gasteiger partial charge < -0.3 is 10.6 Å². The van der Waals surface area contributed by atoms with Crippen LogP contribution in [0, 0.1) is 0 Å². The second kappa shape index (κ2) is 8.44. The maximum Gasteiger partial charge on any atom is 0.321 e. The molecule has 118 valence electrons. The van der Waals surface area contributed by atoms with E-state index in [1.807, 2.05) is 27.8 Å². The van der Waals surface area contributed by atoms with Gasteiger partial charge in [-0.2, -0.15) is 0 Å². The number of rotatable bonds is 4. The molecule has 0 spiro atoms. The van der Waals surface area contributed by atoms with Gasteiger partial charge in [-0.05, 0) is 47.2 Å². The summed E-state index contributed by atoms with van der Waals surface area (Å²) in [5, 5.41) is 8.22. The molecule has 1 atom stereocenters. The number of likely N-dealkylation sites (N-methyl/N-ethyl adjacent to an activating group) is 1. The highest BCUT2D eigenvalue weighted by Crippen LogP contribution is 2.15. The van der Waals surface area contributed by atoms with Crippen molar-refractivity contribution in [3.63, 3.8) is 0 Å². The third-order valence-corrected chi connectivity index (χ3v) is 3.03. The number of carbonyl (C=O) groups is 2. The summed E-state index contributed by atoms with van der Waals surface area (Å²) in [5.74, 6) is -0.246. The van der Waals surface area contributed by atoms with Gasteiger partial charge in [-0.15, -0.1) is 12.4 Å². The lowest BCUT2D eigenvalue weighted by atomic mass is 10.1. The van der Waals surface area contributed by atoms with Crippen molar-refractivity contribution in [3.8, 4) is 0 Å². The summed E-state index contributed by atoms with van der Waals surface area (Å²) in [4.78, 5) is 25.5. The largest absolute Gasteiger partial charge is 0.333 e. The van der Waals surface area contributed by atoms with Crippen LogP contribution >= 0.6 is 12.4 Å². The Kier molecular flexibility index (Phi) is 8.08. The van der Waals surface area contributed by atoms with Crippen molar-refractivity contribution in [3.05, 3.63) is 0 Å². The minimum atomic E-state index is -0.429. The average molecular weight is 307 g/mol. The third-order valence-electron chi connectivity index (χ3n) is 3.03. The fourth-order valence-electron chi connectivity index (χ4n) is 2.29. The number of hydrogen-bond donors (Lipinski definition) is 3. The molecule has 1 fully saturated rings. The molecule has 0 radical (unpaired) electrons. The summed E-state index contributed by atoms with van der Waals surface area (Å²) in [6.45, 7) is 7.70. The lowest BCUT2D eigenvalue weighted by Gasteiger charge is -2.24. The highest BCUT2D eigenvalue weighted by molar-refractivity contribution is 5.95. The van der Waals surface area contributed by atoms with Gasteiger partial charge in [0.05, 0.1) is 6.54 Å². The fraction of sp³-hybridized carbons (Fsp3) is 0.846. The van der Waals surface area contributed by atoms with Crippen LogP contribution in [0.5, 0.6) is 0 Å². The first kappa shape index (κ1) is 19.1. The van der Waals surface area contributed by atoms with Crippen molar-refractivity contribution in [2.45, 2.75) is 45.2 Å². The van der Waals surface area contributed by atoms with E-state index in [4.69, 9.17) is 0 Å². The predicted octanol–water partition coefficient (Wildman–Crippen LogP) is 0.716. The van der Waals surface area contributed by atoms with Crippen LogP contribution in [-0.2, 0) is 4.79 Å². The molecule has 20 heavy (non-hydrogen) atoms. The molecule has 6 nitrogen and oxygen atoms in total. The summed E-state index contributed by atoms with van der Waals surface area (Å²) >= 11 is 0. The molecule has 0 aromatic rings. The number of likely N-dealkylation sites (tertiary alicyclic amines) is 1. The number of nitrogens with one attached hydrogen (secondary N) is 3. The van der Waals surface area contributed by atoms with Gasteiger partial charge in [-0.1, -0.05) is 0 Å². The molecule has 3 amide bonds. The first-order valence-corrected chi connectivity index (χ1v) is 6.82. The van der Waals surface area contributed by atoms with Gasteiger partial charge in [-0.25, -0.2) is 4.79 Å². The topological polar surface area (TPSA) is 73.5 Å². The third kappa shape index (κ3) is 7.07. The molecule has 1 rings (SSSR count). The smallest absolute Gasteiger partial charge is 0.321 e. The number of carbonyl (C=O) groups excluding carboxylic acids is 2. The molecule has 1 aliphatic rings. The van der Waals surface area contributed by atoms with Crippen LogP contribution in [0.3, 0.4) is 0 Å². The summed E-state index contributed by atoms with van der Waals surface area (Å²) in [6, 6.07) is -0.0386. The van der Waals surface area contributed by atoms with E-state index in [2.05, 4.69) is 20.9 Å². The number of urea groups is 1. The van der Waals surface area contributed by atoms with E-state index in [-0.39, 0.29) is 30.4 Å². The Hall–Kier alpha value is -0.850. The maximum atomic E-state index is 11.8. The Bertz CT molecular complexity index is 331. The molecule has 1 aliphatic heterocycles. The standard InChI is InChI=1S/C13H26N4O2.ClH/c1-13(2,3)16-12(19)15-11(18)9-17-7-5-6-10(17)8-14-4;/h10,14H,5-9H2,1-4H3,(H2,15,16,18,19);1H. The Morgan fingerprint density at radius 2 is 1.95 bits per heavy atom. The van der Waals surface area contributed by atoms with Crippen LogP contribution in [0.25, 0.3) is 0 Å². The fourth-order valence-corrected chi connectivity index (χ4v) is 2.29. The van der Waals surface area contributed by atoms with Crippen molar-refractivity contribution in [2.75, 3.05) is 26.7 Å². The predicted molar refractivity (Wildman–Crippen MR) is 82.2 cm³/mol. The molecule has 1 unspecified atom stereocenters. The minimum Gasteiger partial charge on any atom is -0.333 e. The van der Waals surface area contributed by atoms with Gasteiger partial charge in [0.15, 0.2) is 0 Å². The van der Waals surface area contributed by atoms with Gasteiger partial charge in [0.1, 0.15) is 0 Å². The first-order valence-electron chi connectivity index (χ1n) is 6.82. The van der Waals surface area contributed by atoms with Crippen molar-refractivity contribution < 1.29 is 9.59 Å².